The highest BCUT2D eigenvalue weighted by atomic mass is 16.5. The minimum absolute atomic E-state index is 0.421. The van der Waals surface area contributed by atoms with E-state index in [-0.39, 0.29) is 0 Å². The van der Waals surface area contributed by atoms with Gasteiger partial charge in [-0.2, -0.15) is 0 Å². The van der Waals surface area contributed by atoms with E-state index in [0.29, 0.717) is 30.6 Å². The summed E-state index contributed by atoms with van der Waals surface area (Å²) < 4.78 is 18.5. The lowest BCUT2D eigenvalue weighted by Crippen LogP contribution is -2.39. The third-order valence-electron chi connectivity index (χ3n) is 5.33. The average molecular weight is 446 g/mol. The molecule has 176 valence electrons. The molecule has 1 fully saturated rings. The first-order valence-electron chi connectivity index (χ1n) is 11.1. The maximum absolute atomic E-state index is 5.62. The first kappa shape index (κ1) is 23.8. The molecule has 0 atom stereocenters. The van der Waals surface area contributed by atoms with Crippen LogP contribution in [-0.4, -0.2) is 78.7 Å². The minimum Gasteiger partial charge on any atom is -0.493 e. The lowest BCUT2D eigenvalue weighted by molar-refractivity contribution is 0.0376. The number of aromatic nitrogens is 3. The zero-order chi connectivity index (χ0) is 22.8. The van der Waals surface area contributed by atoms with Crippen LogP contribution in [0.3, 0.4) is 0 Å². The molecule has 0 bridgehead atoms. The molecule has 0 unspecified atom stereocenters. The van der Waals surface area contributed by atoms with Crippen molar-refractivity contribution in [1.29, 1.82) is 0 Å². The summed E-state index contributed by atoms with van der Waals surface area (Å²) >= 11 is 0. The largest absolute Gasteiger partial charge is 0.493 e. The monoisotopic (exact) mass is 445 g/mol. The van der Waals surface area contributed by atoms with Crippen LogP contribution in [0.4, 0.5) is 5.69 Å². The molecule has 0 amide bonds. The van der Waals surface area contributed by atoms with Gasteiger partial charge in [0.15, 0.2) is 23.3 Å². The van der Waals surface area contributed by atoms with Crippen molar-refractivity contribution in [3.63, 3.8) is 0 Å². The fraction of sp³-hybridized carbons (Fsp3) is 0.591. The van der Waals surface area contributed by atoms with Gasteiger partial charge < -0.3 is 29.4 Å². The molecule has 0 radical (unpaired) electrons. The van der Waals surface area contributed by atoms with Gasteiger partial charge in [0.1, 0.15) is 12.4 Å². The summed E-state index contributed by atoms with van der Waals surface area (Å²) in [5.41, 5.74) is 0.860. The van der Waals surface area contributed by atoms with Gasteiger partial charge in [-0.25, -0.2) is 4.99 Å². The molecule has 2 N–H and O–H groups in total. The van der Waals surface area contributed by atoms with Crippen LogP contribution < -0.4 is 20.1 Å². The Bertz CT molecular complexity index is 878. The number of hydrogen-bond acceptors (Lipinski definition) is 7. The van der Waals surface area contributed by atoms with Crippen molar-refractivity contribution >= 4 is 11.6 Å². The van der Waals surface area contributed by atoms with Crippen LogP contribution in [0.5, 0.6) is 11.5 Å². The van der Waals surface area contributed by atoms with E-state index in [1.54, 1.807) is 7.11 Å². The molecule has 10 heteroatoms. The van der Waals surface area contributed by atoms with Gasteiger partial charge in [0.05, 0.1) is 26.9 Å². The number of nitrogens with one attached hydrogen (secondary N) is 2. The van der Waals surface area contributed by atoms with Crippen molar-refractivity contribution in [3.05, 3.63) is 29.8 Å². The fourth-order valence-electron chi connectivity index (χ4n) is 3.37. The van der Waals surface area contributed by atoms with Gasteiger partial charge in [-0.3, -0.25) is 4.90 Å². The number of rotatable bonds is 10. The van der Waals surface area contributed by atoms with E-state index in [9.17, 15) is 0 Å². The zero-order valence-corrected chi connectivity index (χ0v) is 19.6. The van der Waals surface area contributed by atoms with Crippen molar-refractivity contribution in [2.75, 3.05) is 58.4 Å². The number of benzene rings is 1. The number of hydrogen-bond donors (Lipinski definition) is 2. The Morgan fingerprint density at radius 2 is 2.03 bits per heavy atom. The molecule has 3 rings (SSSR count). The van der Waals surface area contributed by atoms with Crippen LogP contribution in [0.15, 0.2) is 23.2 Å². The Kier molecular flexibility index (Phi) is 9.12. The van der Waals surface area contributed by atoms with Crippen molar-refractivity contribution in [3.8, 4) is 11.5 Å². The molecular formula is C22H35N7O3. The number of nitrogens with zero attached hydrogens (tertiary/aromatic N) is 5. The molecular weight excluding hydrogens is 410 g/mol. The Morgan fingerprint density at radius 3 is 2.72 bits per heavy atom. The number of anilines is 1. The summed E-state index contributed by atoms with van der Waals surface area (Å²) in [4.78, 5) is 7.15. The molecule has 1 saturated heterocycles. The van der Waals surface area contributed by atoms with E-state index in [2.05, 4.69) is 25.7 Å². The van der Waals surface area contributed by atoms with Crippen molar-refractivity contribution < 1.29 is 14.2 Å². The van der Waals surface area contributed by atoms with E-state index in [1.807, 2.05) is 43.7 Å². The first-order valence-corrected chi connectivity index (χ1v) is 11.1. The molecule has 1 aromatic heterocycles. The van der Waals surface area contributed by atoms with E-state index < -0.39 is 0 Å². The van der Waals surface area contributed by atoms with Crippen LogP contribution in [0.2, 0.25) is 0 Å². The van der Waals surface area contributed by atoms with E-state index >= 15 is 0 Å². The predicted octanol–water partition coefficient (Wildman–Crippen LogP) is 1.81. The van der Waals surface area contributed by atoms with E-state index in [4.69, 9.17) is 19.2 Å². The van der Waals surface area contributed by atoms with Gasteiger partial charge in [-0.1, -0.05) is 0 Å². The lowest BCUT2D eigenvalue weighted by Gasteiger charge is -2.26. The summed E-state index contributed by atoms with van der Waals surface area (Å²) in [5, 5.41) is 15.1. The first-order chi connectivity index (χ1) is 15.6. The molecule has 10 nitrogen and oxygen atoms in total. The molecule has 32 heavy (non-hydrogen) atoms. The lowest BCUT2D eigenvalue weighted by atomic mass is 10.2. The quantitative estimate of drug-likeness (QED) is 0.325. The Balaban J connectivity index is 1.65. The Morgan fingerprint density at radius 1 is 1.22 bits per heavy atom. The predicted molar refractivity (Wildman–Crippen MR) is 125 cm³/mol. The number of aliphatic imine (C=N–C) groups is 1. The van der Waals surface area contributed by atoms with E-state index in [0.717, 1.165) is 63.1 Å². The molecule has 0 spiro atoms. The number of aryl methyl sites for hydroxylation is 1. The summed E-state index contributed by atoms with van der Waals surface area (Å²) in [6.45, 7) is 10.3. The number of ether oxygens (including phenoxy) is 3. The molecule has 2 aromatic rings. The van der Waals surface area contributed by atoms with Crippen LogP contribution >= 0.6 is 0 Å². The van der Waals surface area contributed by atoms with Gasteiger partial charge in [0, 0.05) is 38.4 Å². The molecule has 0 aliphatic carbocycles. The summed E-state index contributed by atoms with van der Waals surface area (Å²) in [6.07, 6.45) is 1.01. The van der Waals surface area contributed by atoms with Gasteiger partial charge in [0.25, 0.3) is 0 Å². The highest BCUT2D eigenvalue weighted by molar-refractivity contribution is 5.93. The third-order valence-corrected chi connectivity index (χ3v) is 5.33. The molecule has 1 aliphatic heterocycles. The Labute approximate surface area is 190 Å². The molecule has 1 aromatic carbocycles. The molecule has 0 saturated carbocycles. The van der Waals surface area contributed by atoms with Crippen LogP contribution in [-0.2, 0) is 18.3 Å². The highest BCUT2D eigenvalue weighted by Crippen LogP contribution is 2.30. The normalized spacial score (nSPS) is 14.9. The van der Waals surface area contributed by atoms with Crippen molar-refractivity contribution in [2.24, 2.45) is 12.0 Å². The topological polar surface area (TPSA) is 98.1 Å². The zero-order valence-electron chi connectivity index (χ0n) is 19.6. The smallest absolute Gasteiger partial charge is 0.196 e. The maximum Gasteiger partial charge on any atom is 0.196 e. The number of methoxy groups -OCH3 is 1. The molecule has 1 aliphatic rings. The van der Waals surface area contributed by atoms with Gasteiger partial charge in [0.2, 0.25) is 0 Å². The Hall–Kier alpha value is -2.85. The minimum atomic E-state index is 0.421. The van der Waals surface area contributed by atoms with Gasteiger partial charge >= 0.3 is 0 Å². The summed E-state index contributed by atoms with van der Waals surface area (Å²) in [5.74, 6) is 3.74. The van der Waals surface area contributed by atoms with E-state index in [1.165, 1.54) is 0 Å². The van der Waals surface area contributed by atoms with Crippen LogP contribution in [0.1, 0.15) is 25.0 Å². The van der Waals surface area contributed by atoms with Gasteiger partial charge in [-0.15, -0.1) is 10.2 Å². The standard InChI is InChI=1S/C22H35N7O3/c1-5-32-19-8-7-18(15-20(19)30-4)25-22(24-16-21-27-26-17(2)28(21)3)23-9-6-10-29-11-13-31-14-12-29/h7-8,15H,5-6,9-14,16H2,1-4H3,(H2,23,24,25). The van der Waals surface area contributed by atoms with Crippen LogP contribution in [0, 0.1) is 6.92 Å². The maximum atomic E-state index is 5.62. The molecule has 2 heterocycles. The fourth-order valence-corrected chi connectivity index (χ4v) is 3.37. The SMILES string of the molecule is CCOc1ccc(NC(=NCc2nnc(C)n2C)NCCCN2CCOCC2)cc1OC. The summed E-state index contributed by atoms with van der Waals surface area (Å²) in [7, 11) is 3.58. The second kappa shape index (κ2) is 12.3. The number of guanidine groups is 1. The third kappa shape index (κ3) is 6.83. The summed E-state index contributed by atoms with van der Waals surface area (Å²) in [6, 6.07) is 5.75. The second-order valence-electron chi connectivity index (χ2n) is 7.55. The number of morpholine rings is 1. The van der Waals surface area contributed by atoms with Crippen molar-refractivity contribution in [1.82, 2.24) is 25.0 Å². The second-order valence-corrected chi connectivity index (χ2v) is 7.55. The van der Waals surface area contributed by atoms with Gasteiger partial charge in [-0.05, 0) is 38.9 Å². The average Bonchev–Trinajstić information content (AvgIpc) is 3.14. The van der Waals surface area contributed by atoms with Crippen LogP contribution in [0.25, 0.3) is 0 Å². The highest BCUT2D eigenvalue weighted by Gasteiger charge is 2.11. The van der Waals surface area contributed by atoms with Crippen molar-refractivity contribution in [2.45, 2.75) is 26.8 Å².